The van der Waals surface area contributed by atoms with Crippen LogP contribution >= 0.6 is 0 Å². The maximum atomic E-state index is 13.8. The fraction of sp³-hybridized carbons (Fsp3) is 0.444. The van der Waals surface area contributed by atoms with Gasteiger partial charge in [-0.3, -0.25) is 4.68 Å². The average molecular weight is 348 g/mol. The summed E-state index contributed by atoms with van der Waals surface area (Å²) in [4.78, 5) is 12.0. The number of rotatable bonds is 8. The Bertz CT molecular complexity index is 715. The number of carbonyl (C=O) groups excluding carboxylic acids is 1. The lowest BCUT2D eigenvalue weighted by molar-refractivity contribution is 0.145. The van der Waals surface area contributed by atoms with Gasteiger partial charge in [0.05, 0.1) is 23.6 Å². The minimum Gasteiger partial charge on any atom is -0.382 e. The largest absolute Gasteiger partial charge is 0.382 e. The van der Waals surface area contributed by atoms with Crippen molar-refractivity contribution < 1.29 is 13.9 Å². The lowest BCUT2D eigenvalue weighted by Gasteiger charge is -2.09. The lowest BCUT2D eigenvalue weighted by atomic mass is 10.2. The average Bonchev–Trinajstić information content (AvgIpc) is 2.84. The van der Waals surface area contributed by atoms with Crippen LogP contribution in [0.15, 0.2) is 24.3 Å². The number of aryl methyl sites for hydroxylation is 1. The fourth-order valence-electron chi connectivity index (χ4n) is 2.50. The molecule has 0 saturated heterocycles. The number of nitrogens with zero attached hydrogens (tertiary/aromatic N) is 2. The Labute approximate surface area is 147 Å². The summed E-state index contributed by atoms with van der Waals surface area (Å²) in [6.07, 6.45) is 0.756. The zero-order chi connectivity index (χ0) is 18.2. The van der Waals surface area contributed by atoms with E-state index in [2.05, 4.69) is 15.7 Å². The standard InChI is InChI=1S/C18H25FN4O2/c1-4-25-11-7-10-20-18(24)21-17-13(2)22-23(14(17)3)12-15-8-5-6-9-16(15)19/h5-6,8-9H,4,7,10-12H2,1-3H3,(H2,20,21,24). The van der Waals surface area contributed by atoms with E-state index < -0.39 is 0 Å². The predicted octanol–water partition coefficient (Wildman–Crippen LogP) is 3.24. The van der Waals surface area contributed by atoms with Crippen LogP contribution < -0.4 is 10.6 Å². The first-order valence-electron chi connectivity index (χ1n) is 8.43. The molecule has 0 aliphatic rings. The van der Waals surface area contributed by atoms with Gasteiger partial charge in [-0.15, -0.1) is 0 Å². The van der Waals surface area contributed by atoms with Crippen LogP contribution in [0.1, 0.15) is 30.3 Å². The van der Waals surface area contributed by atoms with Gasteiger partial charge in [0, 0.05) is 25.3 Å². The summed E-state index contributed by atoms with van der Waals surface area (Å²) in [6, 6.07) is 6.31. The van der Waals surface area contributed by atoms with Gasteiger partial charge < -0.3 is 15.4 Å². The maximum absolute atomic E-state index is 13.8. The molecule has 2 rings (SSSR count). The molecule has 136 valence electrons. The third-order valence-corrected chi connectivity index (χ3v) is 3.85. The molecule has 0 aliphatic carbocycles. The minimum absolute atomic E-state index is 0.267. The Hall–Kier alpha value is -2.41. The molecule has 0 unspecified atom stereocenters. The second kappa shape index (κ2) is 9.17. The molecule has 0 atom stereocenters. The van der Waals surface area contributed by atoms with Gasteiger partial charge in [-0.2, -0.15) is 5.10 Å². The van der Waals surface area contributed by atoms with Gasteiger partial charge in [-0.25, -0.2) is 9.18 Å². The van der Waals surface area contributed by atoms with Crippen molar-refractivity contribution in [1.82, 2.24) is 15.1 Å². The van der Waals surface area contributed by atoms with E-state index in [1.807, 2.05) is 20.8 Å². The first kappa shape index (κ1) is 18.9. The number of anilines is 1. The topological polar surface area (TPSA) is 68.2 Å². The molecule has 2 amide bonds. The molecule has 0 radical (unpaired) electrons. The number of ether oxygens (including phenoxy) is 1. The smallest absolute Gasteiger partial charge is 0.319 e. The van der Waals surface area contributed by atoms with Gasteiger partial charge in [0.15, 0.2) is 0 Å². The molecule has 0 bridgehead atoms. The molecule has 0 saturated carbocycles. The minimum atomic E-state index is -0.284. The quantitative estimate of drug-likeness (QED) is 0.720. The monoisotopic (exact) mass is 348 g/mol. The number of urea groups is 1. The van der Waals surface area contributed by atoms with Crippen molar-refractivity contribution in [3.63, 3.8) is 0 Å². The normalized spacial score (nSPS) is 10.7. The number of hydrogen-bond donors (Lipinski definition) is 2. The van der Waals surface area contributed by atoms with E-state index in [0.29, 0.717) is 43.2 Å². The molecule has 6 nitrogen and oxygen atoms in total. The van der Waals surface area contributed by atoms with E-state index in [0.717, 1.165) is 12.1 Å². The van der Waals surface area contributed by atoms with E-state index in [-0.39, 0.29) is 11.8 Å². The van der Waals surface area contributed by atoms with Crippen molar-refractivity contribution in [3.05, 3.63) is 47.0 Å². The summed E-state index contributed by atoms with van der Waals surface area (Å²) in [5.74, 6) is -0.267. The predicted molar refractivity (Wildman–Crippen MR) is 95.3 cm³/mol. The van der Waals surface area contributed by atoms with Gasteiger partial charge >= 0.3 is 6.03 Å². The molecule has 1 aromatic heterocycles. The highest BCUT2D eigenvalue weighted by atomic mass is 19.1. The molecule has 0 aliphatic heterocycles. The number of halogens is 1. The summed E-state index contributed by atoms with van der Waals surface area (Å²) in [5, 5.41) is 10.0. The first-order chi connectivity index (χ1) is 12.0. The van der Waals surface area contributed by atoms with Crippen LogP contribution in [-0.2, 0) is 11.3 Å². The van der Waals surface area contributed by atoms with Crippen molar-refractivity contribution in [1.29, 1.82) is 0 Å². The van der Waals surface area contributed by atoms with Gasteiger partial charge in [0.1, 0.15) is 5.82 Å². The second-order valence-corrected chi connectivity index (χ2v) is 5.73. The molecule has 7 heteroatoms. The highest BCUT2D eigenvalue weighted by Gasteiger charge is 2.15. The number of benzene rings is 1. The second-order valence-electron chi connectivity index (χ2n) is 5.73. The van der Waals surface area contributed by atoms with Crippen molar-refractivity contribution in [3.8, 4) is 0 Å². The summed E-state index contributed by atoms with van der Waals surface area (Å²) in [7, 11) is 0. The summed E-state index contributed by atoms with van der Waals surface area (Å²) in [6.45, 7) is 7.75. The number of aromatic nitrogens is 2. The number of amides is 2. The lowest BCUT2D eigenvalue weighted by Crippen LogP contribution is -2.30. The summed E-state index contributed by atoms with van der Waals surface area (Å²) >= 11 is 0. The first-order valence-corrected chi connectivity index (χ1v) is 8.43. The maximum Gasteiger partial charge on any atom is 0.319 e. The molecule has 2 N–H and O–H groups in total. The zero-order valence-electron chi connectivity index (χ0n) is 14.9. The van der Waals surface area contributed by atoms with Crippen molar-refractivity contribution in [2.45, 2.75) is 33.7 Å². The molecule has 2 aromatic rings. The number of carbonyl (C=O) groups is 1. The Balaban J connectivity index is 1.97. The highest BCUT2D eigenvalue weighted by molar-refractivity contribution is 5.90. The molecular weight excluding hydrogens is 323 g/mol. The highest BCUT2D eigenvalue weighted by Crippen LogP contribution is 2.21. The van der Waals surface area contributed by atoms with E-state index in [9.17, 15) is 9.18 Å². The van der Waals surface area contributed by atoms with Crippen LogP contribution in [0.25, 0.3) is 0 Å². The van der Waals surface area contributed by atoms with Crippen LogP contribution in [0.3, 0.4) is 0 Å². The summed E-state index contributed by atoms with van der Waals surface area (Å²) < 4.78 is 20.7. The Morgan fingerprint density at radius 2 is 2.08 bits per heavy atom. The Kier molecular flexibility index (Phi) is 6.94. The zero-order valence-corrected chi connectivity index (χ0v) is 14.9. The molecule has 0 spiro atoms. The number of nitrogens with one attached hydrogen (secondary N) is 2. The SMILES string of the molecule is CCOCCCNC(=O)Nc1c(C)nn(Cc2ccccc2F)c1C. The van der Waals surface area contributed by atoms with E-state index >= 15 is 0 Å². The van der Waals surface area contributed by atoms with Crippen LogP contribution in [-0.4, -0.2) is 35.6 Å². The molecule has 1 aromatic carbocycles. The van der Waals surface area contributed by atoms with Crippen molar-refractivity contribution in [2.24, 2.45) is 0 Å². The molecule has 0 fully saturated rings. The fourth-order valence-corrected chi connectivity index (χ4v) is 2.50. The van der Waals surface area contributed by atoms with Crippen LogP contribution in [0.2, 0.25) is 0 Å². The summed E-state index contributed by atoms with van der Waals surface area (Å²) in [5.41, 5.74) is 2.68. The third-order valence-electron chi connectivity index (χ3n) is 3.85. The molecule has 25 heavy (non-hydrogen) atoms. The third kappa shape index (κ3) is 5.29. The van der Waals surface area contributed by atoms with Crippen LogP contribution in [0.5, 0.6) is 0 Å². The molecule has 1 heterocycles. The van der Waals surface area contributed by atoms with Gasteiger partial charge in [-0.1, -0.05) is 18.2 Å². The van der Waals surface area contributed by atoms with E-state index in [4.69, 9.17) is 4.74 Å². The van der Waals surface area contributed by atoms with Crippen LogP contribution in [0.4, 0.5) is 14.9 Å². The Morgan fingerprint density at radius 3 is 2.80 bits per heavy atom. The van der Waals surface area contributed by atoms with E-state index in [1.54, 1.807) is 22.9 Å². The number of hydrogen-bond acceptors (Lipinski definition) is 3. The van der Waals surface area contributed by atoms with Gasteiger partial charge in [-0.05, 0) is 33.3 Å². The molecular formula is C18H25FN4O2. The Morgan fingerprint density at radius 1 is 1.32 bits per heavy atom. The van der Waals surface area contributed by atoms with E-state index in [1.165, 1.54) is 6.07 Å². The van der Waals surface area contributed by atoms with Gasteiger partial charge in [0.25, 0.3) is 0 Å². The van der Waals surface area contributed by atoms with Crippen LogP contribution in [0, 0.1) is 19.7 Å². The van der Waals surface area contributed by atoms with Crippen molar-refractivity contribution in [2.75, 3.05) is 25.1 Å². The van der Waals surface area contributed by atoms with Crippen molar-refractivity contribution >= 4 is 11.7 Å². The van der Waals surface area contributed by atoms with Gasteiger partial charge in [0.2, 0.25) is 0 Å².